The van der Waals surface area contributed by atoms with E-state index >= 15 is 0 Å². The molecule has 0 aliphatic carbocycles. The first kappa shape index (κ1) is 18.6. The lowest BCUT2D eigenvalue weighted by Gasteiger charge is -2.51. The maximum atomic E-state index is 4.70. The first-order valence-electron chi connectivity index (χ1n) is 11.0. The van der Waals surface area contributed by atoms with E-state index in [1.807, 2.05) is 0 Å². The topological polar surface area (TPSA) is 48.1 Å². The number of fused-ring (bicyclic) bond motifs is 1. The molecule has 152 valence electrons. The summed E-state index contributed by atoms with van der Waals surface area (Å²) in [6.45, 7) is 8.49. The van der Waals surface area contributed by atoms with E-state index in [1.54, 1.807) is 0 Å². The van der Waals surface area contributed by atoms with Gasteiger partial charge < -0.3 is 9.88 Å². The number of H-pyrrole nitrogens is 1. The normalized spacial score (nSPS) is 19.9. The summed E-state index contributed by atoms with van der Waals surface area (Å²) < 4.78 is 0. The molecule has 0 saturated carbocycles. The van der Waals surface area contributed by atoms with Crippen molar-refractivity contribution in [1.82, 2.24) is 19.9 Å². The highest BCUT2D eigenvalue weighted by molar-refractivity contribution is 5.82. The average Bonchev–Trinajstić information content (AvgIpc) is 3.20. The van der Waals surface area contributed by atoms with E-state index in [0.29, 0.717) is 5.54 Å². The van der Waals surface area contributed by atoms with Gasteiger partial charge in [-0.25, -0.2) is 9.97 Å². The quantitative estimate of drug-likeness (QED) is 0.711. The largest absolute Gasteiger partial charge is 0.361 e. The number of anilines is 1. The number of piperidine rings is 2. The Morgan fingerprint density at radius 2 is 1.76 bits per heavy atom. The Hall–Kier alpha value is -2.40. The highest BCUT2D eigenvalue weighted by Crippen LogP contribution is 2.39. The second-order valence-electron chi connectivity index (χ2n) is 8.90. The van der Waals surface area contributed by atoms with Gasteiger partial charge in [-0.3, -0.25) is 4.90 Å². The van der Waals surface area contributed by atoms with Crippen LogP contribution in [0.1, 0.15) is 49.1 Å². The van der Waals surface area contributed by atoms with Crippen LogP contribution in [0.3, 0.4) is 0 Å². The van der Waals surface area contributed by atoms with Crippen LogP contribution in [0.5, 0.6) is 0 Å². The molecule has 5 rings (SSSR count). The maximum Gasteiger partial charge on any atom is 0.225 e. The first-order valence-corrected chi connectivity index (χ1v) is 11.0. The summed E-state index contributed by atoms with van der Waals surface area (Å²) in [5.74, 6) is 0.914. The number of aryl methyl sites for hydroxylation is 2. The molecular weight excluding hydrogens is 358 g/mol. The molecule has 0 radical (unpaired) electrons. The Kier molecular flexibility index (Phi) is 4.78. The van der Waals surface area contributed by atoms with Gasteiger partial charge in [0.2, 0.25) is 5.95 Å². The van der Waals surface area contributed by atoms with Crippen molar-refractivity contribution in [2.24, 2.45) is 0 Å². The minimum absolute atomic E-state index is 0.325. The van der Waals surface area contributed by atoms with Gasteiger partial charge in [0.15, 0.2) is 0 Å². The molecule has 5 nitrogen and oxygen atoms in total. The summed E-state index contributed by atoms with van der Waals surface area (Å²) in [5, 5.41) is 1.37. The average molecular weight is 390 g/mol. The summed E-state index contributed by atoms with van der Waals surface area (Å²) in [4.78, 5) is 18.0. The third-order valence-corrected chi connectivity index (χ3v) is 6.98. The van der Waals surface area contributed by atoms with Crippen molar-refractivity contribution in [3.8, 4) is 0 Å². The monoisotopic (exact) mass is 389 g/mol. The van der Waals surface area contributed by atoms with Gasteiger partial charge in [-0.2, -0.15) is 0 Å². The zero-order valence-electron chi connectivity index (χ0n) is 17.6. The van der Waals surface area contributed by atoms with Gasteiger partial charge in [-0.05, 0) is 69.8 Å². The van der Waals surface area contributed by atoms with Crippen molar-refractivity contribution >= 4 is 16.9 Å². The van der Waals surface area contributed by atoms with E-state index in [-0.39, 0.29) is 0 Å². The molecule has 2 fully saturated rings. The van der Waals surface area contributed by atoms with Crippen LogP contribution in [0.15, 0.2) is 36.5 Å². The van der Waals surface area contributed by atoms with Crippen LogP contribution < -0.4 is 4.90 Å². The standard InChI is InChI=1S/C24H31N5/c1-18-16-19(2)27-23(26-18)28-14-10-24(11-15-28)9-3-4-13-29(24)17-20-6-5-7-22-21(20)8-12-25-22/h5-8,12,16,25H,3-4,9-11,13-15,17H2,1-2H3. The molecule has 0 atom stereocenters. The summed E-state index contributed by atoms with van der Waals surface area (Å²) in [7, 11) is 0. The fourth-order valence-corrected chi connectivity index (χ4v) is 5.43. The number of hydrogen-bond donors (Lipinski definition) is 1. The smallest absolute Gasteiger partial charge is 0.225 e. The molecule has 1 spiro atoms. The van der Waals surface area contributed by atoms with Gasteiger partial charge in [0, 0.05) is 53.7 Å². The zero-order valence-corrected chi connectivity index (χ0v) is 17.6. The van der Waals surface area contributed by atoms with Crippen LogP contribution >= 0.6 is 0 Å². The van der Waals surface area contributed by atoms with E-state index in [4.69, 9.17) is 9.97 Å². The Labute approximate surface area is 173 Å². The minimum Gasteiger partial charge on any atom is -0.361 e. The third kappa shape index (κ3) is 3.52. The number of aromatic nitrogens is 3. The SMILES string of the molecule is Cc1cc(C)nc(N2CCC3(CCCCN3Cc3cccc4[nH]ccc34)CC2)n1. The fraction of sp³-hybridized carbons (Fsp3) is 0.500. The van der Waals surface area contributed by atoms with Gasteiger partial charge in [-0.15, -0.1) is 0 Å². The van der Waals surface area contributed by atoms with Crippen LogP contribution in [-0.4, -0.2) is 45.0 Å². The van der Waals surface area contributed by atoms with E-state index < -0.39 is 0 Å². The second-order valence-corrected chi connectivity index (χ2v) is 8.90. The van der Waals surface area contributed by atoms with Gasteiger partial charge in [0.05, 0.1) is 0 Å². The highest BCUT2D eigenvalue weighted by Gasteiger charge is 2.41. The number of nitrogens with zero attached hydrogens (tertiary/aromatic N) is 4. The van der Waals surface area contributed by atoms with Crippen molar-refractivity contribution in [3.05, 3.63) is 53.5 Å². The van der Waals surface area contributed by atoms with Crippen molar-refractivity contribution in [3.63, 3.8) is 0 Å². The molecule has 2 saturated heterocycles. The summed E-state index contributed by atoms with van der Waals surface area (Å²) in [6.07, 6.45) is 8.44. The molecule has 5 heteroatoms. The van der Waals surface area contributed by atoms with Crippen molar-refractivity contribution in [2.45, 2.75) is 58.0 Å². The number of benzene rings is 1. The Morgan fingerprint density at radius 1 is 0.966 bits per heavy atom. The van der Waals surface area contributed by atoms with Gasteiger partial charge in [0.25, 0.3) is 0 Å². The van der Waals surface area contributed by atoms with Crippen LogP contribution in [0.25, 0.3) is 10.9 Å². The molecule has 0 unspecified atom stereocenters. The first-order chi connectivity index (χ1) is 14.1. The molecule has 2 aliphatic rings. The number of rotatable bonds is 3. The number of aromatic amines is 1. The molecule has 2 aliphatic heterocycles. The zero-order chi connectivity index (χ0) is 19.8. The van der Waals surface area contributed by atoms with Crippen molar-refractivity contribution < 1.29 is 0 Å². The predicted octanol–water partition coefficient (Wildman–Crippen LogP) is 4.60. The molecule has 1 N–H and O–H groups in total. The summed E-state index contributed by atoms with van der Waals surface area (Å²) in [6, 6.07) is 10.9. The summed E-state index contributed by atoms with van der Waals surface area (Å²) in [5.41, 5.74) is 5.14. The summed E-state index contributed by atoms with van der Waals surface area (Å²) >= 11 is 0. The van der Waals surface area contributed by atoms with Gasteiger partial charge in [0.1, 0.15) is 0 Å². The molecule has 1 aromatic carbocycles. The minimum atomic E-state index is 0.325. The second kappa shape index (κ2) is 7.45. The van der Waals surface area contributed by atoms with E-state index in [9.17, 15) is 0 Å². The maximum absolute atomic E-state index is 4.70. The van der Waals surface area contributed by atoms with E-state index in [2.05, 4.69) is 65.2 Å². The predicted molar refractivity (Wildman–Crippen MR) is 118 cm³/mol. The van der Waals surface area contributed by atoms with Crippen LogP contribution in [0, 0.1) is 13.8 Å². The van der Waals surface area contributed by atoms with Gasteiger partial charge in [-0.1, -0.05) is 18.6 Å². The lowest BCUT2D eigenvalue weighted by atomic mass is 9.78. The number of nitrogens with one attached hydrogen (secondary N) is 1. The molecule has 0 amide bonds. The molecule has 29 heavy (non-hydrogen) atoms. The van der Waals surface area contributed by atoms with E-state index in [1.165, 1.54) is 55.1 Å². The fourth-order valence-electron chi connectivity index (χ4n) is 5.43. The van der Waals surface area contributed by atoms with E-state index in [0.717, 1.165) is 37.0 Å². The highest BCUT2D eigenvalue weighted by atomic mass is 15.3. The van der Waals surface area contributed by atoms with Crippen LogP contribution in [-0.2, 0) is 6.54 Å². The number of likely N-dealkylation sites (tertiary alicyclic amines) is 1. The Morgan fingerprint density at radius 3 is 2.55 bits per heavy atom. The molecule has 2 aromatic heterocycles. The van der Waals surface area contributed by atoms with Crippen molar-refractivity contribution in [2.75, 3.05) is 24.5 Å². The molecular formula is C24H31N5. The Bertz CT molecular complexity index is 979. The Balaban J connectivity index is 1.35. The van der Waals surface area contributed by atoms with Gasteiger partial charge >= 0.3 is 0 Å². The van der Waals surface area contributed by atoms with Crippen LogP contribution in [0.2, 0.25) is 0 Å². The molecule has 3 aromatic rings. The van der Waals surface area contributed by atoms with Crippen molar-refractivity contribution in [1.29, 1.82) is 0 Å². The third-order valence-electron chi connectivity index (χ3n) is 6.98. The molecule has 4 heterocycles. The van der Waals surface area contributed by atoms with Crippen LogP contribution in [0.4, 0.5) is 5.95 Å². The molecule has 0 bridgehead atoms. The lowest BCUT2D eigenvalue weighted by molar-refractivity contribution is 0.0185. The lowest BCUT2D eigenvalue weighted by Crippen LogP contribution is -2.57. The number of hydrogen-bond acceptors (Lipinski definition) is 4.